The molecule has 2 saturated heterocycles. The molecule has 0 unspecified atom stereocenters. The molecule has 0 aliphatic carbocycles. The zero-order chi connectivity index (χ0) is 23.9. The van der Waals surface area contributed by atoms with Crippen LogP contribution in [0, 0.1) is 0 Å². The van der Waals surface area contributed by atoms with Gasteiger partial charge in [0.05, 0.1) is 25.2 Å². The predicted octanol–water partition coefficient (Wildman–Crippen LogP) is 0.941. The van der Waals surface area contributed by atoms with Gasteiger partial charge in [-0.1, -0.05) is 11.6 Å². The van der Waals surface area contributed by atoms with E-state index in [9.17, 15) is 8.42 Å². The summed E-state index contributed by atoms with van der Waals surface area (Å²) in [5, 5.41) is 0.443. The Bertz CT molecular complexity index is 1300. The Balaban J connectivity index is 1.50. The van der Waals surface area contributed by atoms with Crippen molar-refractivity contribution < 1.29 is 13.2 Å². The van der Waals surface area contributed by atoms with E-state index in [0.717, 1.165) is 17.1 Å². The molecule has 3 aromatic rings. The molecule has 2 fully saturated rings. The van der Waals surface area contributed by atoms with Crippen molar-refractivity contribution in [2.24, 2.45) is 0 Å². The molecule has 0 spiro atoms. The number of hydrogen-bond donors (Lipinski definition) is 1. The predicted molar refractivity (Wildman–Crippen MR) is 130 cm³/mol. The highest BCUT2D eigenvalue weighted by molar-refractivity contribution is 7.88. The molecular weight excluding hydrogens is 480 g/mol. The number of ether oxygens (including phenoxy) is 1. The van der Waals surface area contributed by atoms with E-state index >= 15 is 0 Å². The number of piperazine rings is 1. The minimum absolute atomic E-state index is 0.392. The molecule has 2 aliphatic rings. The highest BCUT2D eigenvalue weighted by Gasteiger charge is 2.26. The van der Waals surface area contributed by atoms with Gasteiger partial charge < -0.3 is 15.4 Å². The van der Waals surface area contributed by atoms with E-state index in [2.05, 4.69) is 14.8 Å². The van der Waals surface area contributed by atoms with Crippen LogP contribution in [-0.2, 0) is 21.3 Å². The van der Waals surface area contributed by atoms with Crippen molar-refractivity contribution >= 4 is 38.9 Å². The molecule has 5 rings (SSSR count). The molecule has 0 saturated carbocycles. The summed E-state index contributed by atoms with van der Waals surface area (Å²) in [5.74, 6) is 1.13. The fraction of sp³-hybridized carbons (Fsp3) is 0.476. The average Bonchev–Trinajstić information content (AvgIpc) is 3.24. The summed E-state index contributed by atoms with van der Waals surface area (Å²) in [6.07, 6.45) is 4.82. The highest BCUT2D eigenvalue weighted by Crippen LogP contribution is 2.33. The third-order valence-corrected chi connectivity index (χ3v) is 7.80. The first-order chi connectivity index (χ1) is 16.3. The van der Waals surface area contributed by atoms with Crippen LogP contribution >= 0.6 is 11.6 Å². The van der Waals surface area contributed by atoms with E-state index in [4.69, 9.17) is 32.0 Å². The minimum Gasteiger partial charge on any atom is -0.384 e. The van der Waals surface area contributed by atoms with Gasteiger partial charge in [0.1, 0.15) is 16.7 Å². The van der Waals surface area contributed by atoms with Gasteiger partial charge in [0.2, 0.25) is 10.0 Å². The van der Waals surface area contributed by atoms with Gasteiger partial charge in [-0.25, -0.2) is 23.4 Å². The second kappa shape index (κ2) is 9.27. The number of hydrogen-bond acceptors (Lipinski definition) is 9. The van der Waals surface area contributed by atoms with Crippen LogP contribution in [0.15, 0.2) is 24.5 Å². The third kappa shape index (κ3) is 4.68. The summed E-state index contributed by atoms with van der Waals surface area (Å²) in [5.41, 5.74) is 8.82. The van der Waals surface area contributed by atoms with E-state index in [0.29, 0.717) is 81.3 Å². The van der Waals surface area contributed by atoms with E-state index in [-0.39, 0.29) is 0 Å². The normalized spacial score (nSPS) is 18.6. The zero-order valence-corrected chi connectivity index (χ0v) is 20.5. The van der Waals surface area contributed by atoms with Crippen LogP contribution in [0.2, 0.25) is 5.15 Å². The number of morpholine rings is 1. The number of imidazole rings is 1. The van der Waals surface area contributed by atoms with Crippen LogP contribution in [0.1, 0.15) is 5.69 Å². The fourth-order valence-electron chi connectivity index (χ4n) is 4.34. The van der Waals surface area contributed by atoms with Crippen molar-refractivity contribution in [2.75, 3.05) is 69.4 Å². The molecule has 13 heteroatoms. The maximum absolute atomic E-state index is 11.8. The topological polar surface area (TPSA) is 122 Å². The number of anilines is 2. The van der Waals surface area contributed by atoms with Crippen molar-refractivity contribution in [3.8, 4) is 11.3 Å². The third-order valence-electron chi connectivity index (χ3n) is 6.13. The smallest absolute Gasteiger partial charge is 0.211 e. The summed E-state index contributed by atoms with van der Waals surface area (Å²) >= 11 is 6.83. The van der Waals surface area contributed by atoms with Crippen LogP contribution in [0.5, 0.6) is 0 Å². The second-order valence-corrected chi connectivity index (χ2v) is 10.8. The Morgan fingerprint density at radius 3 is 2.53 bits per heavy atom. The first kappa shape index (κ1) is 23.2. The van der Waals surface area contributed by atoms with Crippen LogP contribution in [-0.4, -0.2) is 95.7 Å². The second-order valence-electron chi connectivity index (χ2n) is 8.51. The summed E-state index contributed by atoms with van der Waals surface area (Å²) in [7, 11) is -3.17. The van der Waals surface area contributed by atoms with Gasteiger partial charge in [-0.15, -0.1) is 0 Å². The monoisotopic (exact) mass is 506 g/mol. The molecule has 2 N–H and O–H groups in total. The van der Waals surface area contributed by atoms with Crippen molar-refractivity contribution in [1.82, 2.24) is 28.6 Å². The summed E-state index contributed by atoms with van der Waals surface area (Å²) in [6, 6.07) is 3.58. The number of rotatable bonds is 5. The number of nitrogens with two attached hydrogens (primary N) is 1. The van der Waals surface area contributed by atoms with Crippen LogP contribution in [0.25, 0.3) is 16.9 Å². The molecule has 182 valence electrons. The molecule has 0 radical (unpaired) electrons. The molecule has 3 aromatic heterocycles. The van der Waals surface area contributed by atoms with Crippen LogP contribution in [0.4, 0.5) is 11.6 Å². The maximum atomic E-state index is 11.8. The number of sulfonamides is 1. The van der Waals surface area contributed by atoms with Crippen molar-refractivity contribution in [3.05, 3.63) is 35.4 Å². The van der Waals surface area contributed by atoms with E-state index in [1.54, 1.807) is 12.3 Å². The molecule has 34 heavy (non-hydrogen) atoms. The van der Waals surface area contributed by atoms with Crippen molar-refractivity contribution in [1.29, 1.82) is 0 Å². The Morgan fingerprint density at radius 2 is 1.85 bits per heavy atom. The largest absolute Gasteiger partial charge is 0.384 e. The Hall–Kier alpha value is -2.51. The SMILES string of the molecule is CS(=O)(=O)N1CCN(Cc2cn3c(Cl)c(-c4ccnc(N)c4)nc(N4CCOCC4)c3n2)CC1. The average molecular weight is 507 g/mol. The van der Waals surface area contributed by atoms with Crippen molar-refractivity contribution in [3.63, 3.8) is 0 Å². The number of halogens is 1. The summed E-state index contributed by atoms with van der Waals surface area (Å²) < 4.78 is 32.5. The maximum Gasteiger partial charge on any atom is 0.211 e. The molecule has 11 nitrogen and oxygen atoms in total. The van der Waals surface area contributed by atoms with Gasteiger partial charge in [-0.3, -0.25) is 9.30 Å². The number of aromatic nitrogens is 4. The Morgan fingerprint density at radius 1 is 1.12 bits per heavy atom. The highest BCUT2D eigenvalue weighted by atomic mass is 35.5. The lowest BCUT2D eigenvalue weighted by Crippen LogP contribution is -2.47. The number of nitrogen functional groups attached to an aromatic ring is 1. The van der Waals surface area contributed by atoms with Gasteiger partial charge >= 0.3 is 0 Å². The standard InChI is InChI=1S/C21H27ClN8O3S/c1-34(31,32)29-6-4-27(5-7-29)13-16-14-30-19(22)18(15-2-3-24-17(23)12-15)26-20(21(30)25-16)28-8-10-33-11-9-28/h2-3,12,14H,4-11,13H2,1H3,(H2,23,24). The lowest BCUT2D eigenvalue weighted by molar-refractivity contribution is 0.122. The molecule has 0 atom stereocenters. The molecular formula is C21H27ClN8O3S. The van der Waals surface area contributed by atoms with Crippen LogP contribution < -0.4 is 10.6 Å². The van der Waals surface area contributed by atoms with Gasteiger partial charge in [0, 0.05) is 63.8 Å². The molecule has 0 aromatic carbocycles. The summed E-state index contributed by atoms with van der Waals surface area (Å²) in [4.78, 5) is 18.2. The molecule has 0 bridgehead atoms. The minimum atomic E-state index is -3.17. The van der Waals surface area contributed by atoms with E-state index < -0.39 is 10.0 Å². The lowest BCUT2D eigenvalue weighted by Gasteiger charge is -2.32. The quantitative estimate of drug-likeness (QED) is 0.538. The fourth-order valence-corrected chi connectivity index (χ4v) is 5.45. The number of fused-ring (bicyclic) bond motifs is 1. The molecule has 0 amide bonds. The number of pyridine rings is 1. The van der Waals surface area contributed by atoms with Gasteiger partial charge in [0.25, 0.3) is 0 Å². The Kier molecular flexibility index (Phi) is 6.34. The molecule has 5 heterocycles. The van der Waals surface area contributed by atoms with Gasteiger partial charge in [-0.05, 0) is 12.1 Å². The lowest BCUT2D eigenvalue weighted by atomic mass is 10.2. The van der Waals surface area contributed by atoms with Gasteiger partial charge in [-0.2, -0.15) is 4.31 Å². The van der Waals surface area contributed by atoms with Crippen molar-refractivity contribution in [2.45, 2.75) is 6.54 Å². The summed E-state index contributed by atoms with van der Waals surface area (Å²) in [6.45, 7) is 5.47. The first-order valence-corrected chi connectivity index (χ1v) is 13.3. The molecule has 2 aliphatic heterocycles. The van der Waals surface area contributed by atoms with E-state index in [1.807, 2.05) is 16.7 Å². The van der Waals surface area contributed by atoms with Crippen LogP contribution in [0.3, 0.4) is 0 Å². The zero-order valence-electron chi connectivity index (χ0n) is 18.9. The van der Waals surface area contributed by atoms with Gasteiger partial charge in [0.15, 0.2) is 11.5 Å². The number of nitrogens with zero attached hydrogens (tertiary/aromatic N) is 7. The Labute approximate surface area is 203 Å². The van der Waals surface area contributed by atoms with E-state index in [1.165, 1.54) is 10.6 Å². The first-order valence-electron chi connectivity index (χ1n) is 11.1.